The van der Waals surface area contributed by atoms with Gasteiger partial charge in [-0.3, -0.25) is 29.4 Å². The molecule has 1 unspecified atom stereocenters. The SMILES string of the molecule is O=C1CCC(N2C(=O)c3cccc(SCc4ccc(Cl)cc4)c3C2=O)C(=O)N1. The molecule has 0 aliphatic carbocycles. The molecule has 2 aliphatic heterocycles. The van der Waals surface area contributed by atoms with E-state index < -0.39 is 29.7 Å². The first-order valence-corrected chi connectivity index (χ1v) is 10.0. The molecule has 2 heterocycles. The fourth-order valence-corrected chi connectivity index (χ4v) is 4.50. The van der Waals surface area contributed by atoms with Crippen molar-refractivity contribution >= 4 is 47.0 Å². The molecular formula is C20H15ClN2O4S. The molecule has 0 saturated carbocycles. The molecule has 0 radical (unpaired) electrons. The number of benzene rings is 2. The molecule has 142 valence electrons. The van der Waals surface area contributed by atoms with E-state index in [1.54, 1.807) is 30.3 Å². The second-order valence-electron chi connectivity index (χ2n) is 6.54. The average molecular weight is 415 g/mol. The number of carbonyl (C=O) groups excluding carboxylic acids is 4. The molecule has 1 saturated heterocycles. The molecule has 4 amide bonds. The highest BCUT2D eigenvalue weighted by Crippen LogP contribution is 2.35. The summed E-state index contributed by atoms with van der Waals surface area (Å²) in [7, 11) is 0. The van der Waals surface area contributed by atoms with Gasteiger partial charge in [-0.1, -0.05) is 29.8 Å². The molecule has 1 fully saturated rings. The van der Waals surface area contributed by atoms with Gasteiger partial charge in [0.2, 0.25) is 11.8 Å². The summed E-state index contributed by atoms with van der Waals surface area (Å²) < 4.78 is 0. The molecule has 28 heavy (non-hydrogen) atoms. The maximum Gasteiger partial charge on any atom is 0.263 e. The van der Waals surface area contributed by atoms with Crippen molar-refractivity contribution in [1.82, 2.24) is 10.2 Å². The lowest BCUT2D eigenvalue weighted by atomic mass is 10.0. The Balaban J connectivity index is 1.59. The summed E-state index contributed by atoms with van der Waals surface area (Å²) in [6, 6.07) is 11.6. The Bertz CT molecular complexity index is 1010. The number of amides is 4. The van der Waals surface area contributed by atoms with Crippen LogP contribution in [0.3, 0.4) is 0 Å². The van der Waals surface area contributed by atoms with E-state index in [0.717, 1.165) is 10.5 Å². The van der Waals surface area contributed by atoms with Crippen LogP contribution in [0, 0.1) is 0 Å². The molecular weight excluding hydrogens is 400 g/mol. The Morgan fingerprint density at radius 3 is 2.50 bits per heavy atom. The fourth-order valence-electron chi connectivity index (χ4n) is 3.35. The van der Waals surface area contributed by atoms with Crippen molar-refractivity contribution < 1.29 is 19.2 Å². The lowest BCUT2D eigenvalue weighted by Crippen LogP contribution is -2.54. The second kappa shape index (κ2) is 7.41. The molecule has 0 aromatic heterocycles. The smallest absolute Gasteiger partial charge is 0.263 e. The molecule has 1 N–H and O–H groups in total. The van der Waals surface area contributed by atoms with E-state index in [0.29, 0.717) is 21.2 Å². The lowest BCUT2D eigenvalue weighted by molar-refractivity contribution is -0.136. The van der Waals surface area contributed by atoms with Crippen LogP contribution < -0.4 is 5.32 Å². The van der Waals surface area contributed by atoms with Crippen LogP contribution in [-0.4, -0.2) is 34.6 Å². The van der Waals surface area contributed by atoms with E-state index in [9.17, 15) is 19.2 Å². The van der Waals surface area contributed by atoms with E-state index in [2.05, 4.69) is 5.32 Å². The molecule has 0 bridgehead atoms. The zero-order valence-electron chi connectivity index (χ0n) is 14.6. The third-order valence-corrected chi connectivity index (χ3v) is 6.12. The van der Waals surface area contributed by atoms with Gasteiger partial charge in [-0.2, -0.15) is 0 Å². The number of halogens is 1. The quantitative estimate of drug-likeness (QED) is 0.614. The van der Waals surface area contributed by atoms with E-state index in [1.807, 2.05) is 12.1 Å². The minimum atomic E-state index is -0.959. The van der Waals surface area contributed by atoms with Gasteiger partial charge < -0.3 is 0 Å². The van der Waals surface area contributed by atoms with Crippen LogP contribution in [0.2, 0.25) is 5.02 Å². The molecule has 8 heteroatoms. The largest absolute Gasteiger partial charge is 0.295 e. The van der Waals surface area contributed by atoms with Crippen molar-refractivity contribution in [3.8, 4) is 0 Å². The summed E-state index contributed by atoms with van der Waals surface area (Å²) in [5.74, 6) is -1.39. The van der Waals surface area contributed by atoms with E-state index in [-0.39, 0.29) is 18.4 Å². The van der Waals surface area contributed by atoms with Crippen molar-refractivity contribution in [2.24, 2.45) is 0 Å². The van der Waals surface area contributed by atoms with Crippen molar-refractivity contribution in [2.75, 3.05) is 0 Å². The third-order valence-electron chi connectivity index (χ3n) is 4.74. The summed E-state index contributed by atoms with van der Waals surface area (Å²) in [4.78, 5) is 51.0. The normalized spacial score (nSPS) is 19.0. The number of fused-ring (bicyclic) bond motifs is 1. The zero-order chi connectivity index (χ0) is 19.8. The van der Waals surface area contributed by atoms with Gasteiger partial charge >= 0.3 is 0 Å². The highest BCUT2D eigenvalue weighted by molar-refractivity contribution is 7.98. The van der Waals surface area contributed by atoms with Gasteiger partial charge in [0, 0.05) is 22.1 Å². The minimum absolute atomic E-state index is 0.0992. The number of thioether (sulfide) groups is 1. The van der Waals surface area contributed by atoms with Crippen LogP contribution in [0.25, 0.3) is 0 Å². The van der Waals surface area contributed by atoms with Gasteiger partial charge in [0.15, 0.2) is 0 Å². The Morgan fingerprint density at radius 2 is 1.79 bits per heavy atom. The van der Waals surface area contributed by atoms with Gasteiger partial charge in [0.1, 0.15) is 6.04 Å². The number of nitrogens with one attached hydrogen (secondary N) is 1. The third kappa shape index (κ3) is 3.31. The Kier molecular flexibility index (Phi) is 4.95. The van der Waals surface area contributed by atoms with Crippen molar-refractivity contribution in [3.05, 3.63) is 64.2 Å². The summed E-state index contributed by atoms with van der Waals surface area (Å²) >= 11 is 7.35. The summed E-state index contributed by atoms with van der Waals surface area (Å²) in [6.45, 7) is 0. The van der Waals surface area contributed by atoms with E-state index in [4.69, 9.17) is 11.6 Å². The zero-order valence-corrected chi connectivity index (χ0v) is 16.2. The summed E-state index contributed by atoms with van der Waals surface area (Å²) in [5, 5.41) is 2.85. The minimum Gasteiger partial charge on any atom is -0.295 e. The molecule has 4 rings (SSSR count). The van der Waals surface area contributed by atoms with Crippen LogP contribution in [0.4, 0.5) is 0 Å². The van der Waals surface area contributed by atoms with E-state index >= 15 is 0 Å². The molecule has 0 spiro atoms. The van der Waals surface area contributed by atoms with Crippen LogP contribution in [0.15, 0.2) is 47.4 Å². The number of rotatable bonds is 4. The van der Waals surface area contributed by atoms with Crippen molar-refractivity contribution in [2.45, 2.75) is 29.5 Å². The standard InChI is InChI=1S/C20H15ClN2O4S/c21-12-6-4-11(5-7-12)10-28-15-3-1-2-13-17(15)20(27)23(19(13)26)14-8-9-16(24)22-18(14)25/h1-7,14H,8-10H2,(H,22,24,25). The van der Waals surface area contributed by atoms with Crippen molar-refractivity contribution in [3.63, 3.8) is 0 Å². The predicted molar refractivity (Wildman–Crippen MR) is 104 cm³/mol. The number of nitrogens with zero attached hydrogens (tertiary/aromatic N) is 1. The van der Waals surface area contributed by atoms with Gasteiger partial charge in [-0.25, -0.2) is 0 Å². The van der Waals surface area contributed by atoms with Crippen molar-refractivity contribution in [1.29, 1.82) is 0 Å². The Morgan fingerprint density at radius 1 is 1.04 bits per heavy atom. The van der Waals surface area contributed by atoms with Gasteiger partial charge in [-0.15, -0.1) is 11.8 Å². The molecule has 2 aliphatic rings. The average Bonchev–Trinajstić information content (AvgIpc) is 2.93. The van der Waals surface area contributed by atoms with E-state index in [1.165, 1.54) is 11.8 Å². The summed E-state index contributed by atoms with van der Waals surface area (Å²) in [5.41, 5.74) is 1.64. The molecule has 6 nitrogen and oxygen atoms in total. The first kappa shape index (κ1) is 18.7. The predicted octanol–water partition coefficient (Wildman–Crippen LogP) is 3.03. The second-order valence-corrected chi connectivity index (χ2v) is 7.99. The highest BCUT2D eigenvalue weighted by atomic mass is 35.5. The number of imide groups is 2. The first-order chi connectivity index (χ1) is 13.5. The van der Waals surface area contributed by atoms with Gasteiger partial charge in [0.05, 0.1) is 11.1 Å². The Hall–Kier alpha value is -2.64. The van der Waals surface area contributed by atoms with Crippen LogP contribution >= 0.6 is 23.4 Å². The maximum absolute atomic E-state index is 13.0. The number of carbonyl (C=O) groups is 4. The molecule has 2 aromatic rings. The van der Waals surface area contributed by atoms with Gasteiger partial charge in [0.25, 0.3) is 11.8 Å². The summed E-state index contributed by atoms with van der Waals surface area (Å²) in [6.07, 6.45) is 0.241. The lowest BCUT2D eigenvalue weighted by Gasteiger charge is -2.27. The van der Waals surface area contributed by atoms with Gasteiger partial charge in [-0.05, 0) is 36.2 Å². The Labute approximate surface area is 170 Å². The molecule has 2 aromatic carbocycles. The first-order valence-electron chi connectivity index (χ1n) is 8.67. The monoisotopic (exact) mass is 414 g/mol. The van der Waals surface area contributed by atoms with Crippen LogP contribution in [0.5, 0.6) is 0 Å². The molecule has 1 atom stereocenters. The topological polar surface area (TPSA) is 83.6 Å². The number of piperidine rings is 1. The van der Waals surface area contributed by atoms with Crippen LogP contribution in [-0.2, 0) is 15.3 Å². The fraction of sp³-hybridized carbons (Fsp3) is 0.200. The van der Waals surface area contributed by atoms with Crippen LogP contribution in [0.1, 0.15) is 39.1 Å². The number of hydrogen-bond donors (Lipinski definition) is 1. The maximum atomic E-state index is 13.0. The number of hydrogen-bond acceptors (Lipinski definition) is 5. The highest BCUT2D eigenvalue weighted by Gasteiger charge is 2.45.